The molecule has 0 aliphatic heterocycles. The molecule has 2 N–H and O–H groups in total. The number of hydrogen-bond donors (Lipinski definition) is 2. The molecule has 38 heavy (non-hydrogen) atoms. The van der Waals surface area contributed by atoms with E-state index in [-0.39, 0.29) is 23.1 Å². The zero-order valence-corrected chi connectivity index (χ0v) is 25.0. The maximum Gasteiger partial charge on any atom is 0.291 e. The normalized spacial score (nSPS) is 14.6. The van der Waals surface area contributed by atoms with Gasteiger partial charge < -0.3 is 14.6 Å². The Hall–Kier alpha value is -2.78. The number of carbonyl (C=O) groups is 1. The first kappa shape index (κ1) is 29.8. The van der Waals surface area contributed by atoms with Gasteiger partial charge in [-0.15, -0.1) is 0 Å². The maximum absolute atomic E-state index is 13.4. The molecule has 3 rings (SSSR count). The van der Waals surface area contributed by atoms with Crippen LogP contribution in [-0.2, 0) is 21.5 Å². The van der Waals surface area contributed by atoms with Crippen molar-refractivity contribution in [2.45, 2.75) is 89.3 Å². The number of amides is 1. The number of carbonyl (C=O) groups excluding carboxylic acids is 1. The second-order valence-corrected chi connectivity index (χ2v) is 19.2. The first-order valence-electron chi connectivity index (χ1n) is 12.9. The fourth-order valence-electron chi connectivity index (χ4n) is 4.08. The van der Waals surface area contributed by atoms with Gasteiger partial charge in [-0.25, -0.2) is 18.1 Å². The van der Waals surface area contributed by atoms with Crippen LogP contribution in [-0.4, -0.2) is 44.1 Å². The van der Waals surface area contributed by atoms with Crippen LogP contribution in [0, 0.1) is 11.3 Å². The molecule has 2 aromatic rings. The van der Waals surface area contributed by atoms with E-state index in [2.05, 4.69) is 40.7 Å². The number of rotatable bonds is 10. The number of nitrogens with one attached hydrogen (secondary N) is 2. The van der Waals surface area contributed by atoms with E-state index >= 15 is 0 Å². The molecule has 0 saturated heterocycles. The van der Waals surface area contributed by atoms with Crippen molar-refractivity contribution in [3.05, 3.63) is 47.6 Å². The second kappa shape index (κ2) is 11.9. The third-order valence-corrected chi connectivity index (χ3v) is 9.41. The third-order valence-electron chi connectivity index (χ3n) is 5.95. The van der Waals surface area contributed by atoms with Crippen molar-refractivity contribution in [3.8, 4) is 6.07 Å². The summed E-state index contributed by atoms with van der Waals surface area (Å²) in [4.78, 5) is 17.7. The van der Waals surface area contributed by atoms with E-state index in [9.17, 15) is 18.5 Å². The van der Waals surface area contributed by atoms with E-state index in [0.29, 0.717) is 17.9 Å². The number of sulfonamides is 1. The van der Waals surface area contributed by atoms with E-state index in [4.69, 9.17) is 4.74 Å². The van der Waals surface area contributed by atoms with E-state index in [1.54, 1.807) is 32.9 Å². The van der Waals surface area contributed by atoms with Crippen molar-refractivity contribution in [2.24, 2.45) is 0 Å². The summed E-state index contributed by atoms with van der Waals surface area (Å²) in [6.07, 6.45) is 7.34. The molecule has 1 heterocycles. The third kappa shape index (κ3) is 8.36. The van der Waals surface area contributed by atoms with E-state index in [0.717, 1.165) is 37.3 Å². The van der Waals surface area contributed by atoms with Crippen LogP contribution in [0.2, 0.25) is 25.7 Å². The zero-order chi connectivity index (χ0) is 28.1. The SMILES string of the molecule is CC(C)(C)NS(=O)(=O)c1ccc(NC(=O)c2nc(C#N)cn2COCC[Si](C)(C)C)c(C2=CCCCC2)c1. The van der Waals surface area contributed by atoms with Gasteiger partial charge in [0.2, 0.25) is 15.8 Å². The summed E-state index contributed by atoms with van der Waals surface area (Å²) in [6.45, 7) is 12.8. The van der Waals surface area contributed by atoms with Crippen molar-refractivity contribution in [1.29, 1.82) is 5.26 Å². The van der Waals surface area contributed by atoms with Gasteiger partial charge in [-0.1, -0.05) is 25.7 Å². The van der Waals surface area contributed by atoms with Gasteiger partial charge in [0, 0.05) is 37.7 Å². The minimum absolute atomic E-state index is 0.0595. The van der Waals surface area contributed by atoms with Crippen LogP contribution < -0.4 is 10.0 Å². The lowest BCUT2D eigenvalue weighted by molar-refractivity contribution is 0.0808. The molecule has 1 amide bonds. The summed E-state index contributed by atoms with van der Waals surface area (Å²) in [7, 11) is -5.04. The molecule has 0 unspecified atom stereocenters. The lowest BCUT2D eigenvalue weighted by atomic mass is 9.92. The Balaban J connectivity index is 1.91. The van der Waals surface area contributed by atoms with E-state index in [1.807, 2.05) is 6.07 Å². The molecular weight excluding hydrogens is 518 g/mol. The van der Waals surface area contributed by atoms with E-state index in [1.165, 1.54) is 16.8 Å². The predicted molar refractivity (Wildman–Crippen MR) is 152 cm³/mol. The fourth-order valence-corrected chi connectivity index (χ4v) is 6.28. The quantitative estimate of drug-likeness (QED) is 0.299. The number of nitrogens with zero attached hydrogens (tertiary/aromatic N) is 3. The summed E-state index contributed by atoms with van der Waals surface area (Å²) < 4.78 is 36.1. The Labute approximate surface area is 227 Å². The average molecular weight is 558 g/mol. The van der Waals surface area contributed by atoms with Crippen LogP contribution in [0.25, 0.3) is 5.57 Å². The smallest absolute Gasteiger partial charge is 0.291 e. The Morgan fingerprint density at radius 3 is 2.58 bits per heavy atom. The largest absolute Gasteiger partial charge is 0.361 e. The molecule has 0 spiro atoms. The number of hydrogen-bond acceptors (Lipinski definition) is 6. The Kier molecular flexibility index (Phi) is 9.36. The minimum atomic E-state index is -3.76. The van der Waals surface area contributed by atoms with Crippen LogP contribution in [0.3, 0.4) is 0 Å². The highest BCUT2D eigenvalue weighted by Crippen LogP contribution is 2.34. The molecule has 1 aromatic heterocycles. The molecule has 0 fully saturated rings. The Morgan fingerprint density at radius 2 is 1.97 bits per heavy atom. The molecule has 1 aliphatic rings. The van der Waals surface area contributed by atoms with Gasteiger partial charge in [-0.05, 0) is 76.3 Å². The second-order valence-electron chi connectivity index (χ2n) is 11.9. The highest BCUT2D eigenvalue weighted by Gasteiger charge is 2.25. The van der Waals surface area contributed by atoms with Crippen molar-refractivity contribution < 1.29 is 17.9 Å². The number of benzene rings is 1. The van der Waals surface area contributed by atoms with Crippen molar-refractivity contribution >= 4 is 35.3 Å². The topological polar surface area (TPSA) is 126 Å². The number of nitriles is 1. The van der Waals surface area contributed by atoms with Gasteiger partial charge >= 0.3 is 0 Å². The van der Waals surface area contributed by atoms with Gasteiger partial charge in [0.1, 0.15) is 12.8 Å². The molecule has 9 nitrogen and oxygen atoms in total. The first-order chi connectivity index (χ1) is 17.7. The van der Waals surface area contributed by atoms with Crippen molar-refractivity contribution in [1.82, 2.24) is 14.3 Å². The molecule has 206 valence electrons. The summed E-state index contributed by atoms with van der Waals surface area (Å²) in [5.74, 6) is -0.439. The first-order valence-corrected chi connectivity index (χ1v) is 18.1. The molecule has 11 heteroatoms. The lowest BCUT2D eigenvalue weighted by Crippen LogP contribution is -2.40. The minimum Gasteiger partial charge on any atom is -0.361 e. The van der Waals surface area contributed by atoms with Gasteiger partial charge in [0.25, 0.3) is 5.91 Å². The summed E-state index contributed by atoms with van der Waals surface area (Å²) >= 11 is 0. The molecule has 0 atom stereocenters. The molecule has 0 bridgehead atoms. The average Bonchev–Trinajstić information content (AvgIpc) is 3.24. The number of anilines is 1. The summed E-state index contributed by atoms with van der Waals surface area (Å²) in [6, 6.07) is 7.68. The number of aromatic nitrogens is 2. The predicted octanol–water partition coefficient (Wildman–Crippen LogP) is 5.35. The number of ether oxygens (including phenoxy) is 1. The molecular formula is C27H39N5O4SSi. The summed E-state index contributed by atoms with van der Waals surface area (Å²) in [5, 5.41) is 12.3. The lowest BCUT2D eigenvalue weighted by Gasteiger charge is -2.22. The molecule has 1 aliphatic carbocycles. The molecule has 1 aromatic carbocycles. The molecule has 0 saturated carbocycles. The van der Waals surface area contributed by atoms with Crippen molar-refractivity contribution in [2.75, 3.05) is 11.9 Å². The Bertz CT molecular complexity index is 1340. The monoisotopic (exact) mass is 557 g/mol. The number of imidazole rings is 1. The van der Waals surface area contributed by atoms with Crippen LogP contribution in [0.4, 0.5) is 5.69 Å². The zero-order valence-electron chi connectivity index (χ0n) is 23.2. The van der Waals surface area contributed by atoms with Gasteiger partial charge in [-0.2, -0.15) is 5.26 Å². The maximum atomic E-state index is 13.4. The number of allylic oxidation sites excluding steroid dienone is 2. The Morgan fingerprint density at radius 1 is 1.24 bits per heavy atom. The fraction of sp³-hybridized carbons (Fsp3) is 0.519. The van der Waals surface area contributed by atoms with Crippen LogP contribution in [0.1, 0.15) is 68.3 Å². The highest BCUT2D eigenvalue weighted by molar-refractivity contribution is 7.89. The van der Waals surface area contributed by atoms with Crippen LogP contribution in [0.15, 0.2) is 35.4 Å². The molecule has 0 radical (unpaired) electrons. The van der Waals surface area contributed by atoms with Gasteiger partial charge in [0.15, 0.2) is 5.69 Å². The standard InChI is InChI=1S/C27H39N5O4SSi/c1-27(2,3)31-37(34,35)22-12-13-24(23(16-22)20-10-8-7-9-11-20)30-26(33)25-29-21(17-28)18-32(25)19-36-14-15-38(4,5)6/h10,12-13,16,18,31H,7-9,11,14-15,19H2,1-6H3,(H,30,33). The van der Waals surface area contributed by atoms with Crippen LogP contribution in [0.5, 0.6) is 0 Å². The van der Waals surface area contributed by atoms with Gasteiger partial charge in [-0.3, -0.25) is 4.79 Å². The van der Waals surface area contributed by atoms with Crippen molar-refractivity contribution in [3.63, 3.8) is 0 Å². The van der Waals surface area contributed by atoms with Crippen LogP contribution >= 0.6 is 0 Å². The highest BCUT2D eigenvalue weighted by atomic mass is 32.2. The summed E-state index contributed by atoms with van der Waals surface area (Å²) in [5.41, 5.74) is 1.64. The van der Waals surface area contributed by atoms with E-state index < -0.39 is 29.5 Å². The van der Waals surface area contributed by atoms with Gasteiger partial charge in [0.05, 0.1) is 4.90 Å².